The highest BCUT2D eigenvalue weighted by molar-refractivity contribution is 7.18. The van der Waals surface area contributed by atoms with Crippen molar-refractivity contribution in [2.24, 2.45) is 7.05 Å². The van der Waals surface area contributed by atoms with Gasteiger partial charge in [0.25, 0.3) is 5.01 Å². The summed E-state index contributed by atoms with van der Waals surface area (Å²) in [5.41, 5.74) is 5.15. The van der Waals surface area contributed by atoms with Crippen molar-refractivity contribution < 1.29 is 4.57 Å². The van der Waals surface area contributed by atoms with E-state index >= 15 is 0 Å². The molecule has 0 radical (unpaired) electrons. The van der Waals surface area contributed by atoms with E-state index in [1.54, 1.807) is 0 Å². The lowest BCUT2D eigenvalue weighted by Gasteiger charge is -2.28. The summed E-state index contributed by atoms with van der Waals surface area (Å²) in [6.07, 6.45) is 9.65. The minimum absolute atomic E-state index is 0.112. The number of fused-ring (bicyclic) bond motifs is 4. The van der Waals surface area contributed by atoms with Crippen molar-refractivity contribution in [1.82, 2.24) is 0 Å². The molecule has 1 aliphatic rings. The van der Waals surface area contributed by atoms with Crippen LogP contribution >= 0.6 is 11.3 Å². The highest BCUT2D eigenvalue weighted by Crippen LogP contribution is 2.52. The van der Waals surface area contributed by atoms with Crippen LogP contribution in [-0.4, -0.2) is 7.05 Å². The molecule has 1 aromatic heterocycles. The second kappa shape index (κ2) is 7.51. The molecule has 0 spiro atoms. The third-order valence-corrected chi connectivity index (χ3v) is 7.75. The lowest BCUT2D eigenvalue weighted by molar-refractivity contribution is -0.642. The SMILES string of the molecule is C=CCC1(C)/C(=C\C=C\c2sc3ccccc3[n+]2C)N(C)c2ccc3ccccc3c21. The zero-order chi connectivity index (χ0) is 21.6. The Kier molecular flexibility index (Phi) is 4.79. The van der Waals surface area contributed by atoms with Crippen molar-refractivity contribution in [2.45, 2.75) is 18.8 Å². The first-order valence-corrected chi connectivity index (χ1v) is 11.5. The number of aromatic nitrogens is 1. The van der Waals surface area contributed by atoms with Gasteiger partial charge in [-0.05, 0) is 47.9 Å². The van der Waals surface area contributed by atoms with E-state index in [9.17, 15) is 0 Å². The minimum Gasteiger partial charge on any atom is -0.347 e. The zero-order valence-electron chi connectivity index (χ0n) is 18.3. The van der Waals surface area contributed by atoms with Crippen molar-refractivity contribution in [3.8, 4) is 0 Å². The molecule has 31 heavy (non-hydrogen) atoms. The fraction of sp³-hybridized carbons (Fsp3) is 0.179. The van der Waals surface area contributed by atoms with E-state index in [1.165, 1.54) is 42.9 Å². The lowest BCUT2D eigenvalue weighted by atomic mass is 9.76. The number of hydrogen-bond acceptors (Lipinski definition) is 2. The number of allylic oxidation sites excluding steroid dienone is 4. The van der Waals surface area contributed by atoms with Crippen LogP contribution in [0.1, 0.15) is 23.9 Å². The van der Waals surface area contributed by atoms with Crippen molar-refractivity contribution in [1.29, 1.82) is 0 Å². The van der Waals surface area contributed by atoms with E-state index in [0.717, 1.165) is 6.42 Å². The first-order chi connectivity index (χ1) is 15.0. The summed E-state index contributed by atoms with van der Waals surface area (Å²) in [5.74, 6) is 0. The van der Waals surface area contributed by atoms with Crippen LogP contribution in [0.3, 0.4) is 0 Å². The molecule has 1 unspecified atom stereocenters. The van der Waals surface area contributed by atoms with Crippen molar-refractivity contribution in [3.63, 3.8) is 0 Å². The average molecular weight is 424 g/mol. The normalized spacial score (nSPS) is 19.7. The first-order valence-electron chi connectivity index (χ1n) is 10.7. The molecule has 1 aliphatic heterocycles. The van der Waals surface area contributed by atoms with E-state index in [1.807, 2.05) is 17.4 Å². The number of anilines is 1. The second-order valence-electron chi connectivity index (χ2n) is 8.44. The number of likely N-dealkylation sites (N-methyl/N-ethyl adjacent to an activating group) is 1. The molecule has 2 nitrogen and oxygen atoms in total. The van der Waals surface area contributed by atoms with Gasteiger partial charge < -0.3 is 4.90 Å². The molecule has 0 amide bonds. The van der Waals surface area contributed by atoms with Crippen LogP contribution in [0.25, 0.3) is 27.1 Å². The van der Waals surface area contributed by atoms with Crippen LogP contribution in [0.15, 0.2) is 91.2 Å². The predicted molar refractivity (Wildman–Crippen MR) is 135 cm³/mol. The summed E-state index contributed by atoms with van der Waals surface area (Å²) >= 11 is 1.82. The topological polar surface area (TPSA) is 7.12 Å². The van der Waals surface area contributed by atoms with E-state index in [2.05, 4.69) is 116 Å². The lowest BCUT2D eigenvalue weighted by Crippen LogP contribution is -2.28. The second-order valence-corrected chi connectivity index (χ2v) is 9.51. The van der Waals surface area contributed by atoms with Crippen LogP contribution in [0, 0.1) is 0 Å². The summed E-state index contributed by atoms with van der Waals surface area (Å²) in [6.45, 7) is 6.43. The fourth-order valence-corrected chi connectivity index (χ4v) is 6.09. The van der Waals surface area contributed by atoms with Crippen molar-refractivity contribution in [3.05, 3.63) is 102 Å². The van der Waals surface area contributed by atoms with Crippen LogP contribution < -0.4 is 9.47 Å². The Morgan fingerprint density at radius 2 is 1.84 bits per heavy atom. The molecule has 0 N–H and O–H groups in total. The number of hydrogen-bond donors (Lipinski definition) is 0. The highest BCUT2D eigenvalue weighted by Gasteiger charge is 2.42. The zero-order valence-corrected chi connectivity index (χ0v) is 19.1. The monoisotopic (exact) mass is 423 g/mol. The number of benzene rings is 3. The molecule has 5 rings (SSSR count). The van der Waals surface area contributed by atoms with E-state index in [-0.39, 0.29) is 5.41 Å². The number of aryl methyl sites for hydroxylation is 1. The quantitative estimate of drug-likeness (QED) is 0.260. The fourth-order valence-electron chi connectivity index (χ4n) is 5.03. The molecule has 154 valence electrons. The summed E-state index contributed by atoms with van der Waals surface area (Å²) in [6, 6.07) is 21.8. The third-order valence-electron chi connectivity index (χ3n) is 6.56. The number of nitrogens with zero attached hydrogens (tertiary/aromatic N) is 2. The van der Waals surface area contributed by atoms with Gasteiger partial charge in [-0.15, -0.1) is 6.58 Å². The molecule has 0 fully saturated rings. The summed E-state index contributed by atoms with van der Waals surface area (Å²) < 4.78 is 3.57. The van der Waals surface area contributed by atoms with Gasteiger partial charge in [-0.1, -0.05) is 66.0 Å². The maximum atomic E-state index is 4.08. The molecular formula is C28H27N2S+. The Morgan fingerprint density at radius 3 is 2.65 bits per heavy atom. The van der Waals surface area contributed by atoms with Crippen molar-refractivity contribution >= 4 is 44.1 Å². The van der Waals surface area contributed by atoms with Crippen LogP contribution in [0.5, 0.6) is 0 Å². The maximum absolute atomic E-state index is 4.08. The molecule has 2 heterocycles. The van der Waals surface area contributed by atoms with E-state index < -0.39 is 0 Å². The van der Waals surface area contributed by atoms with Gasteiger partial charge in [-0.3, -0.25) is 0 Å². The Hall–Kier alpha value is -3.17. The van der Waals surface area contributed by atoms with Gasteiger partial charge in [0.05, 0.1) is 0 Å². The first kappa shape index (κ1) is 19.8. The summed E-state index contributed by atoms with van der Waals surface area (Å²) in [7, 11) is 4.32. The predicted octanol–water partition coefficient (Wildman–Crippen LogP) is 6.76. The van der Waals surface area contributed by atoms with Crippen LogP contribution in [0.2, 0.25) is 0 Å². The van der Waals surface area contributed by atoms with E-state index in [0.29, 0.717) is 0 Å². The van der Waals surface area contributed by atoms with E-state index in [4.69, 9.17) is 0 Å². The molecule has 0 aliphatic carbocycles. The standard InChI is InChI=1S/C28H27N2S/c1-5-19-28(2)25(15-10-16-26-30(4)22-13-8-9-14-24(22)31-26)29(3)23-18-17-20-11-6-7-12-21(20)27(23)28/h5-18H,1,19H2,2-4H3/q+1. The summed E-state index contributed by atoms with van der Waals surface area (Å²) in [5, 5.41) is 3.87. The Morgan fingerprint density at radius 1 is 1.06 bits per heavy atom. The molecular weight excluding hydrogens is 396 g/mol. The number of rotatable bonds is 4. The smallest absolute Gasteiger partial charge is 0.262 e. The Labute approximate surface area is 188 Å². The van der Waals surface area contributed by atoms with Gasteiger partial charge in [0.2, 0.25) is 5.52 Å². The largest absolute Gasteiger partial charge is 0.347 e. The molecule has 0 bridgehead atoms. The summed E-state index contributed by atoms with van der Waals surface area (Å²) in [4.78, 5) is 2.35. The van der Waals surface area contributed by atoms with Gasteiger partial charge in [0.15, 0.2) is 0 Å². The average Bonchev–Trinajstić information content (AvgIpc) is 3.21. The molecule has 4 aromatic rings. The van der Waals surface area contributed by atoms with Gasteiger partial charge in [0.1, 0.15) is 11.7 Å². The molecule has 3 aromatic carbocycles. The van der Waals surface area contributed by atoms with Crippen LogP contribution in [-0.2, 0) is 12.5 Å². The molecule has 0 saturated heterocycles. The highest BCUT2D eigenvalue weighted by atomic mass is 32.1. The van der Waals surface area contributed by atoms with Crippen molar-refractivity contribution in [2.75, 3.05) is 11.9 Å². The minimum atomic E-state index is -0.112. The number of thiazole rings is 1. The third kappa shape index (κ3) is 3.03. The van der Waals surface area contributed by atoms with Gasteiger partial charge in [0, 0.05) is 36.0 Å². The maximum Gasteiger partial charge on any atom is 0.262 e. The van der Waals surface area contributed by atoms with Crippen LogP contribution in [0.4, 0.5) is 5.69 Å². The molecule has 3 heteroatoms. The Balaban J connectivity index is 1.61. The van der Waals surface area contributed by atoms with Gasteiger partial charge in [-0.25, -0.2) is 0 Å². The number of para-hydroxylation sites is 1. The van der Waals surface area contributed by atoms with Gasteiger partial charge >= 0.3 is 0 Å². The van der Waals surface area contributed by atoms with Gasteiger partial charge in [-0.2, -0.15) is 4.57 Å². The molecule has 1 atom stereocenters. The Bertz CT molecular complexity index is 1370. The molecule has 0 saturated carbocycles.